The first-order valence-corrected chi connectivity index (χ1v) is 10.8. The lowest BCUT2D eigenvalue weighted by Gasteiger charge is -2.20. The fourth-order valence-electron chi connectivity index (χ4n) is 2.53. The molecule has 2 aromatic rings. The summed E-state index contributed by atoms with van der Waals surface area (Å²) < 4.78 is 26.2. The van der Waals surface area contributed by atoms with Gasteiger partial charge in [0.1, 0.15) is 0 Å². The average molecular weight is 460 g/mol. The zero-order valence-corrected chi connectivity index (χ0v) is 17.9. The first-order chi connectivity index (χ1) is 12.1. The van der Waals surface area contributed by atoms with Crippen LogP contribution in [0.4, 0.5) is 5.69 Å². The standard InChI is InChI=1S/C18H20BrClN2O3S/c1-12-8-15(19)9-13(2)18(12)21-17(23)11-22(26(3,24)25)10-14-4-6-16(20)7-5-14/h4-9H,10-11H2,1-3H3,(H,21,23). The van der Waals surface area contributed by atoms with E-state index >= 15 is 0 Å². The van der Waals surface area contributed by atoms with Gasteiger partial charge in [0, 0.05) is 21.7 Å². The lowest BCUT2D eigenvalue weighted by Crippen LogP contribution is -2.37. The number of carbonyl (C=O) groups excluding carboxylic acids is 1. The highest BCUT2D eigenvalue weighted by Crippen LogP contribution is 2.25. The van der Waals surface area contributed by atoms with Gasteiger partial charge in [-0.1, -0.05) is 39.7 Å². The quantitative estimate of drug-likeness (QED) is 0.706. The Labute approximate surface area is 167 Å². The van der Waals surface area contributed by atoms with E-state index in [4.69, 9.17) is 11.6 Å². The number of aryl methyl sites for hydroxylation is 2. The van der Waals surface area contributed by atoms with Crippen molar-refractivity contribution >= 4 is 49.1 Å². The van der Waals surface area contributed by atoms with Gasteiger partial charge in [-0.3, -0.25) is 4.79 Å². The Morgan fingerprint density at radius 2 is 1.69 bits per heavy atom. The number of carbonyl (C=O) groups is 1. The molecular weight excluding hydrogens is 440 g/mol. The number of halogens is 2. The minimum atomic E-state index is -3.56. The number of sulfonamides is 1. The van der Waals surface area contributed by atoms with Crippen molar-refractivity contribution in [3.05, 3.63) is 62.6 Å². The largest absolute Gasteiger partial charge is 0.324 e. The van der Waals surface area contributed by atoms with Crippen molar-refractivity contribution in [1.29, 1.82) is 0 Å². The van der Waals surface area contributed by atoms with E-state index in [1.54, 1.807) is 24.3 Å². The molecule has 1 amide bonds. The molecule has 0 aliphatic heterocycles. The molecule has 1 N–H and O–H groups in total. The van der Waals surface area contributed by atoms with Gasteiger partial charge < -0.3 is 5.32 Å². The lowest BCUT2D eigenvalue weighted by molar-refractivity contribution is -0.116. The second kappa shape index (κ2) is 8.52. The van der Waals surface area contributed by atoms with Crippen LogP contribution in [0, 0.1) is 13.8 Å². The topological polar surface area (TPSA) is 66.5 Å². The van der Waals surface area contributed by atoms with Crippen molar-refractivity contribution in [2.75, 3.05) is 18.1 Å². The summed E-state index contributed by atoms with van der Waals surface area (Å²) in [6, 6.07) is 10.6. The lowest BCUT2D eigenvalue weighted by atomic mass is 10.1. The van der Waals surface area contributed by atoms with Gasteiger partial charge in [-0.25, -0.2) is 8.42 Å². The molecule has 2 rings (SSSR count). The summed E-state index contributed by atoms with van der Waals surface area (Å²) in [5.41, 5.74) is 3.24. The van der Waals surface area contributed by atoms with Crippen molar-refractivity contribution in [3.63, 3.8) is 0 Å². The molecule has 0 aliphatic carbocycles. The van der Waals surface area contributed by atoms with E-state index in [9.17, 15) is 13.2 Å². The monoisotopic (exact) mass is 458 g/mol. The molecule has 0 radical (unpaired) electrons. The van der Waals surface area contributed by atoms with Gasteiger partial charge in [0.15, 0.2) is 0 Å². The van der Waals surface area contributed by atoms with E-state index in [1.165, 1.54) is 0 Å². The molecule has 0 heterocycles. The van der Waals surface area contributed by atoms with E-state index in [1.807, 2.05) is 26.0 Å². The molecule has 0 saturated heterocycles. The van der Waals surface area contributed by atoms with E-state index in [2.05, 4.69) is 21.2 Å². The van der Waals surface area contributed by atoms with Gasteiger partial charge in [0.2, 0.25) is 15.9 Å². The highest BCUT2D eigenvalue weighted by atomic mass is 79.9. The molecule has 0 fully saturated rings. The molecule has 0 bridgehead atoms. The zero-order chi connectivity index (χ0) is 19.5. The Hall–Kier alpha value is -1.41. The summed E-state index contributed by atoms with van der Waals surface area (Å²) in [6.07, 6.45) is 1.09. The fraction of sp³-hybridized carbons (Fsp3) is 0.278. The second-order valence-corrected chi connectivity index (χ2v) is 9.45. The van der Waals surface area contributed by atoms with Crippen molar-refractivity contribution in [2.24, 2.45) is 0 Å². The van der Waals surface area contributed by atoms with Gasteiger partial charge in [0.25, 0.3) is 0 Å². The highest BCUT2D eigenvalue weighted by molar-refractivity contribution is 9.10. The summed E-state index contributed by atoms with van der Waals surface area (Å²) in [6.45, 7) is 3.60. The minimum absolute atomic E-state index is 0.0989. The number of hydrogen-bond acceptors (Lipinski definition) is 3. The Morgan fingerprint density at radius 1 is 1.15 bits per heavy atom. The van der Waals surface area contributed by atoms with Crippen LogP contribution >= 0.6 is 27.5 Å². The molecule has 0 atom stereocenters. The van der Waals surface area contributed by atoms with Crippen LogP contribution in [0.1, 0.15) is 16.7 Å². The number of rotatable bonds is 6. The second-order valence-electron chi connectivity index (χ2n) is 6.12. The van der Waals surface area contributed by atoms with Gasteiger partial charge in [-0.2, -0.15) is 4.31 Å². The summed E-state index contributed by atoms with van der Waals surface area (Å²) in [4.78, 5) is 12.5. The maximum Gasteiger partial charge on any atom is 0.239 e. The van der Waals surface area contributed by atoms with Crippen molar-refractivity contribution in [3.8, 4) is 0 Å². The predicted molar refractivity (Wildman–Crippen MR) is 109 cm³/mol. The maximum atomic E-state index is 12.5. The number of amides is 1. The van der Waals surface area contributed by atoms with Crippen molar-refractivity contribution in [2.45, 2.75) is 20.4 Å². The van der Waals surface area contributed by atoms with E-state index in [0.717, 1.165) is 31.7 Å². The van der Waals surface area contributed by atoms with Gasteiger partial charge in [-0.15, -0.1) is 0 Å². The SMILES string of the molecule is Cc1cc(Br)cc(C)c1NC(=O)CN(Cc1ccc(Cl)cc1)S(C)(=O)=O. The van der Waals surface area contributed by atoms with Gasteiger partial charge in [-0.05, 0) is 54.8 Å². The maximum absolute atomic E-state index is 12.5. The summed E-state index contributed by atoms with van der Waals surface area (Å²) in [5.74, 6) is -0.391. The van der Waals surface area contributed by atoms with Crippen LogP contribution in [0.2, 0.25) is 5.02 Å². The number of hydrogen-bond donors (Lipinski definition) is 1. The molecule has 0 saturated carbocycles. The summed E-state index contributed by atoms with van der Waals surface area (Å²) in [5, 5.41) is 3.38. The van der Waals surface area contributed by atoms with E-state index in [-0.39, 0.29) is 13.1 Å². The highest BCUT2D eigenvalue weighted by Gasteiger charge is 2.21. The molecule has 0 aliphatic rings. The summed E-state index contributed by atoms with van der Waals surface area (Å²) >= 11 is 9.27. The molecule has 8 heteroatoms. The van der Waals surface area contributed by atoms with E-state index in [0.29, 0.717) is 10.7 Å². The predicted octanol–water partition coefficient (Wildman–Crippen LogP) is 4.12. The van der Waals surface area contributed by atoms with Crippen LogP contribution in [0.5, 0.6) is 0 Å². The summed E-state index contributed by atoms with van der Waals surface area (Å²) in [7, 11) is -3.56. The third-order valence-corrected chi connectivity index (χ3v) is 5.73. The molecule has 140 valence electrons. The molecule has 26 heavy (non-hydrogen) atoms. The number of nitrogens with one attached hydrogen (secondary N) is 1. The Morgan fingerprint density at radius 3 is 2.19 bits per heavy atom. The molecule has 0 aromatic heterocycles. The first-order valence-electron chi connectivity index (χ1n) is 7.82. The normalized spacial score (nSPS) is 11.6. The average Bonchev–Trinajstić information content (AvgIpc) is 2.51. The molecule has 0 spiro atoms. The number of benzene rings is 2. The van der Waals surface area contributed by atoms with Gasteiger partial charge >= 0.3 is 0 Å². The smallest absolute Gasteiger partial charge is 0.239 e. The molecule has 2 aromatic carbocycles. The van der Waals surface area contributed by atoms with Gasteiger partial charge in [0.05, 0.1) is 12.8 Å². The minimum Gasteiger partial charge on any atom is -0.324 e. The number of nitrogens with zero attached hydrogens (tertiary/aromatic N) is 1. The zero-order valence-electron chi connectivity index (χ0n) is 14.7. The first kappa shape index (κ1) is 20.9. The van der Waals surface area contributed by atoms with Crippen molar-refractivity contribution in [1.82, 2.24) is 4.31 Å². The van der Waals surface area contributed by atoms with Crippen LogP contribution < -0.4 is 5.32 Å². The fourth-order valence-corrected chi connectivity index (χ4v) is 4.08. The Balaban J connectivity index is 2.16. The van der Waals surface area contributed by atoms with Crippen LogP contribution in [0.15, 0.2) is 40.9 Å². The third kappa shape index (κ3) is 5.81. The third-order valence-electron chi connectivity index (χ3n) is 3.82. The van der Waals surface area contributed by atoms with Crippen LogP contribution in [-0.4, -0.2) is 31.4 Å². The van der Waals surface area contributed by atoms with E-state index < -0.39 is 15.9 Å². The number of anilines is 1. The molecular formula is C18H20BrClN2O3S. The van der Waals surface area contributed by atoms with Crippen LogP contribution in [0.3, 0.4) is 0 Å². The van der Waals surface area contributed by atoms with Crippen molar-refractivity contribution < 1.29 is 13.2 Å². The molecule has 0 unspecified atom stereocenters. The van der Waals surface area contributed by atoms with Crippen LogP contribution in [-0.2, 0) is 21.4 Å². The Bertz CT molecular complexity index is 892. The Kier molecular flexibility index (Phi) is 6.85. The molecule has 5 nitrogen and oxygen atoms in total. The van der Waals surface area contributed by atoms with Crippen LogP contribution in [0.25, 0.3) is 0 Å².